The largest absolute Gasteiger partial charge is 0.478 e. The number of benzene rings is 2. The summed E-state index contributed by atoms with van der Waals surface area (Å²) < 4.78 is 62.6. The molecular formula is C25H19ClF4N2O5. The fraction of sp³-hybridized carbons (Fsp3) is 0.240. The minimum Gasteiger partial charge on any atom is -0.478 e. The summed E-state index contributed by atoms with van der Waals surface area (Å²) in [5, 5.41) is 20.0. The first-order chi connectivity index (χ1) is 17.3. The van der Waals surface area contributed by atoms with Crippen LogP contribution in [0.4, 0.5) is 23.2 Å². The number of halogens is 5. The van der Waals surface area contributed by atoms with E-state index in [9.17, 15) is 32.3 Å². The Morgan fingerprint density at radius 3 is 2.41 bits per heavy atom. The van der Waals surface area contributed by atoms with Gasteiger partial charge in [-0.3, -0.25) is 4.79 Å². The fourth-order valence-corrected chi connectivity index (χ4v) is 4.52. The molecular weight excluding hydrogens is 520 g/mol. The summed E-state index contributed by atoms with van der Waals surface area (Å²) >= 11 is 6.34. The van der Waals surface area contributed by atoms with Crippen LogP contribution < -0.4 is 9.64 Å². The lowest BCUT2D eigenvalue weighted by atomic mass is 9.78. The molecule has 0 saturated carbocycles. The number of anilines is 1. The lowest BCUT2D eigenvalue weighted by Crippen LogP contribution is -2.47. The number of amides is 1. The maximum Gasteiger partial charge on any atom is 0.422 e. The Hall–Kier alpha value is -3.70. The summed E-state index contributed by atoms with van der Waals surface area (Å²) in [5.41, 5.74) is -4.14. The molecule has 1 amide bonds. The molecule has 0 spiro atoms. The minimum absolute atomic E-state index is 0.0306. The van der Waals surface area contributed by atoms with E-state index in [1.807, 2.05) is 0 Å². The Morgan fingerprint density at radius 1 is 1.16 bits per heavy atom. The van der Waals surface area contributed by atoms with Crippen LogP contribution in [0.15, 0.2) is 48.7 Å². The maximum atomic E-state index is 14.4. The van der Waals surface area contributed by atoms with Gasteiger partial charge >= 0.3 is 12.1 Å². The van der Waals surface area contributed by atoms with E-state index in [-0.39, 0.29) is 34.3 Å². The second-order valence-electron chi connectivity index (χ2n) is 8.51. The average molecular weight is 539 g/mol. The molecule has 0 fully saturated rings. The number of carboxylic acids is 1. The number of aromatic carboxylic acids is 1. The number of rotatable bonds is 5. The molecule has 7 nitrogen and oxygen atoms in total. The van der Waals surface area contributed by atoms with Crippen molar-refractivity contribution in [2.75, 3.05) is 18.6 Å². The van der Waals surface area contributed by atoms with Crippen LogP contribution in [0.5, 0.6) is 5.88 Å². The van der Waals surface area contributed by atoms with Gasteiger partial charge in [-0.2, -0.15) is 13.2 Å². The van der Waals surface area contributed by atoms with E-state index in [4.69, 9.17) is 21.4 Å². The minimum atomic E-state index is -5.18. The van der Waals surface area contributed by atoms with Gasteiger partial charge in [0.15, 0.2) is 12.2 Å². The lowest BCUT2D eigenvalue weighted by molar-refractivity contribution is -0.274. The number of fused-ring (bicyclic) bond motifs is 1. The summed E-state index contributed by atoms with van der Waals surface area (Å²) in [4.78, 5) is 28.0. The Kier molecular flexibility index (Phi) is 6.63. The van der Waals surface area contributed by atoms with Crippen LogP contribution in [0.1, 0.15) is 34.3 Å². The number of aromatic nitrogens is 1. The van der Waals surface area contributed by atoms with Crippen molar-refractivity contribution in [3.63, 3.8) is 0 Å². The summed E-state index contributed by atoms with van der Waals surface area (Å²) in [5.74, 6) is -4.63. The van der Waals surface area contributed by atoms with Gasteiger partial charge in [-0.1, -0.05) is 36.7 Å². The maximum absolute atomic E-state index is 14.4. The highest BCUT2D eigenvalue weighted by Gasteiger charge is 2.59. The molecule has 0 bridgehead atoms. The first kappa shape index (κ1) is 26.4. The normalized spacial score (nSPS) is 16.0. The van der Waals surface area contributed by atoms with E-state index in [0.717, 1.165) is 36.2 Å². The molecule has 2 heterocycles. The smallest absolute Gasteiger partial charge is 0.422 e. The molecule has 3 aromatic rings. The number of pyridine rings is 1. The second kappa shape index (κ2) is 9.31. The number of alkyl halides is 3. The molecule has 1 aromatic heterocycles. The van der Waals surface area contributed by atoms with Crippen LogP contribution >= 0.6 is 11.6 Å². The summed E-state index contributed by atoms with van der Waals surface area (Å²) in [7, 11) is 1.35. The van der Waals surface area contributed by atoms with Crippen molar-refractivity contribution in [2.24, 2.45) is 0 Å². The molecule has 0 radical (unpaired) electrons. The van der Waals surface area contributed by atoms with Crippen molar-refractivity contribution in [2.45, 2.75) is 24.6 Å². The van der Waals surface area contributed by atoms with E-state index in [0.29, 0.717) is 5.56 Å². The van der Waals surface area contributed by atoms with Gasteiger partial charge in [-0.25, -0.2) is 14.2 Å². The topological polar surface area (TPSA) is 100.0 Å². The molecule has 1 aliphatic heterocycles. The van der Waals surface area contributed by atoms with Gasteiger partial charge in [-0.05, 0) is 41.0 Å². The predicted octanol–water partition coefficient (Wildman–Crippen LogP) is 5.15. The third-order valence-electron chi connectivity index (χ3n) is 6.40. The number of carboxylic acid groups (broad SMARTS) is 1. The van der Waals surface area contributed by atoms with E-state index >= 15 is 0 Å². The van der Waals surface area contributed by atoms with E-state index < -0.39 is 46.5 Å². The number of nitrogens with zero attached hydrogens (tertiary/aromatic N) is 2. The van der Waals surface area contributed by atoms with Crippen molar-refractivity contribution in [3.05, 3.63) is 76.2 Å². The van der Waals surface area contributed by atoms with Gasteiger partial charge in [0.05, 0.1) is 5.56 Å². The van der Waals surface area contributed by atoms with Gasteiger partial charge < -0.3 is 19.8 Å². The van der Waals surface area contributed by atoms with Crippen LogP contribution in [-0.4, -0.2) is 46.9 Å². The molecule has 1 aliphatic rings. The molecule has 2 aromatic carbocycles. The standard InChI is InChI=1S/C25H19ClF4N2O5/c1-12(16-5-3-13(7-18(16)26)14-4-6-17(23(34)35)19(27)8-14)24(36,25(28,29)30)15-9-20-22(31-10-15)37-11-21(33)32(20)2/h3-10,12,36H,11H2,1-2H3,(H,34,35). The number of carbonyl (C=O) groups excluding carboxylic acids is 1. The molecule has 2 N–H and O–H groups in total. The lowest BCUT2D eigenvalue weighted by Gasteiger charge is -2.37. The van der Waals surface area contributed by atoms with Crippen molar-refractivity contribution in [1.82, 2.24) is 4.98 Å². The zero-order valence-corrected chi connectivity index (χ0v) is 20.1. The predicted molar refractivity (Wildman–Crippen MR) is 125 cm³/mol. The summed E-state index contributed by atoms with van der Waals surface area (Å²) in [6, 6.07) is 8.33. The Labute approximate surface area is 212 Å². The Bertz CT molecular complexity index is 1410. The average Bonchev–Trinajstić information content (AvgIpc) is 2.84. The molecule has 37 heavy (non-hydrogen) atoms. The third kappa shape index (κ3) is 4.49. The third-order valence-corrected chi connectivity index (χ3v) is 6.73. The number of hydrogen-bond acceptors (Lipinski definition) is 5. The molecule has 4 rings (SSSR count). The zero-order chi connectivity index (χ0) is 27.3. The SMILES string of the molecule is CC(c1ccc(-c2ccc(C(=O)O)c(F)c2)cc1Cl)C(O)(c1cnc2c(c1)N(C)C(=O)CO2)C(F)(F)F. The number of aliphatic hydroxyl groups is 1. The first-order valence-electron chi connectivity index (χ1n) is 10.8. The molecule has 0 saturated heterocycles. The second-order valence-corrected chi connectivity index (χ2v) is 8.92. The van der Waals surface area contributed by atoms with Crippen LogP contribution in [0.25, 0.3) is 11.1 Å². The molecule has 2 atom stereocenters. The number of carbonyl (C=O) groups is 2. The Morgan fingerprint density at radius 2 is 1.81 bits per heavy atom. The van der Waals surface area contributed by atoms with Crippen molar-refractivity contribution < 1.29 is 42.1 Å². The summed E-state index contributed by atoms with van der Waals surface area (Å²) in [6.07, 6.45) is -4.35. The van der Waals surface area contributed by atoms with Crippen molar-refractivity contribution in [3.8, 4) is 17.0 Å². The highest BCUT2D eigenvalue weighted by molar-refractivity contribution is 6.31. The van der Waals surface area contributed by atoms with Crippen molar-refractivity contribution in [1.29, 1.82) is 0 Å². The highest BCUT2D eigenvalue weighted by atomic mass is 35.5. The van der Waals surface area contributed by atoms with E-state index in [2.05, 4.69) is 4.98 Å². The van der Waals surface area contributed by atoms with Crippen LogP contribution in [-0.2, 0) is 10.4 Å². The first-order valence-corrected chi connectivity index (χ1v) is 11.1. The quantitative estimate of drug-likeness (QED) is 0.436. The van der Waals surface area contributed by atoms with Crippen LogP contribution in [0.3, 0.4) is 0 Å². The van der Waals surface area contributed by atoms with Crippen LogP contribution in [0.2, 0.25) is 5.02 Å². The number of likely N-dealkylation sites (N-methyl/N-ethyl adjacent to an activating group) is 1. The van der Waals surface area contributed by atoms with Gasteiger partial charge in [0.1, 0.15) is 11.5 Å². The molecule has 12 heteroatoms. The molecule has 2 unspecified atom stereocenters. The monoisotopic (exact) mass is 538 g/mol. The van der Waals surface area contributed by atoms with Crippen molar-refractivity contribution >= 4 is 29.2 Å². The highest BCUT2D eigenvalue weighted by Crippen LogP contribution is 2.51. The fourth-order valence-electron chi connectivity index (χ4n) is 4.17. The van der Waals surface area contributed by atoms with E-state index in [1.165, 1.54) is 31.3 Å². The van der Waals surface area contributed by atoms with Gasteiger partial charge in [0, 0.05) is 29.7 Å². The van der Waals surface area contributed by atoms with Gasteiger partial charge in [-0.15, -0.1) is 0 Å². The van der Waals surface area contributed by atoms with Gasteiger partial charge in [0.25, 0.3) is 5.91 Å². The van der Waals surface area contributed by atoms with Crippen LogP contribution in [0, 0.1) is 5.82 Å². The number of ether oxygens (including phenoxy) is 1. The zero-order valence-electron chi connectivity index (χ0n) is 19.3. The molecule has 194 valence electrons. The van der Waals surface area contributed by atoms with E-state index in [1.54, 1.807) is 0 Å². The number of hydrogen-bond donors (Lipinski definition) is 2. The molecule has 0 aliphatic carbocycles. The summed E-state index contributed by atoms with van der Waals surface area (Å²) in [6.45, 7) is 0.821. The Balaban J connectivity index is 1.76. The van der Waals surface area contributed by atoms with Gasteiger partial charge in [0.2, 0.25) is 5.88 Å².